The first-order valence-electron chi connectivity index (χ1n) is 12.0. The number of imidazole rings is 1. The van der Waals surface area contributed by atoms with Crippen LogP contribution >= 0.6 is 11.6 Å². The molecule has 2 amide bonds. The van der Waals surface area contributed by atoms with Crippen molar-refractivity contribution in [2.24, 2.45) is 11.8 Å². The van der Waals surface area contributed by atoms with E-state index in [-0.39, 0.29) is 18.4 Å². The maximum absolute atomic E-state index is 13.3. The van der Waals surface area contributed by atoms with Crippen molar-refractivity contribution in [3.8, 4) is 0 Å². The lowest BCUT2D eigenvalue weighted by Gasteiger charge is -2.27. The molecule has 6 nitrogen and oxygen atoms in total. The van der Waals surface area contributed by atoms with Crippen molar-refractivity contribution in [1.82, 2.24) is 19.8 Å². The molecule has 2 aromatic carbocycles. The van der Waals surface area contributed by atoms with Crippen LogP contribution in [0.15, 0.2) is 48.5 Å². The summed E-state index contributed by atoms with van der Waals surface area (Å²) in [5.74, 6) is 1.64. The van der Waals surface area contributed by atoms with Crippen LogP contribution in [-0.2, 0) is 17.8 Å². The molecule has 3 aromatic rings. The van der Waals surface area contributed by atoms with E-state index in [1.54, 1.807) is 24.3 Å². The van der Waals surface area contributed by atoms with E-state index in [9.17, 15) is 9.59 Å². The van der Waals surface area contributed by atoms with E-state index in [1.807, 2.05) is 33.7 Å². The van der Waals surface area contributed by atoms with Gasteiger partial charge in [-0.05, 0) is 48.6 Å². The molecule has 0 unspecified atom stereocenters. The topological polar surface area (TPSA) is 67.2 Å². The van der Waals surface area contributed by atoms with Gasteiger partial charge in [0.05, 0.1) is 11.0 Å². The molecule has 0 aliphatic carbocycles. The summed E-state index contributed by atoms with van der Waals surface area (Å²) in [7, 11) is 0. The zero-order valence-corrected chi connectivity index (χ0v) is 21.3. The number of para-hydroxylation sites is 2. The molecule has 3 rings (SSSR count). The fourth-order valence-corrected chi connectivity index (χ4v) is 4.26. The van der Waals surface area contributed by atoms with Gasteiger partial charge in [-0.2, -0.15) is 0 Å². The average Bonchev–Trinajstić information content (AvgIpc) is 3.12. The van der Waals surface area contributed by atoms with Crippen LogP contribution in [-0.4, -0.2) is 45.9 Å². The first-order valence-corrected chi connectivity index (χ1v) is 12.4. The van der Waals surface area contributed by atoms with Crippen molar-refractivity contribution in [2.45, 2.75) is 47.1 Å². The van der Waals surface area contributed by atoms with Crippen LogP contribution in [0.1, 0.15) is 50.3 Å². The number of fused-ring (bicyclic) bond motifs is 1. The Morgan fingerprint density at radius 3 is 2.41 bits per heavy atom. The minimum absolute atomic E-state index is 0.112. The third-order valence-electron chi connectivity index (χ3n) is 5.50. The summed E-state index contributed by atoms with van der Waals surface area (Å²) in [5, 5.41) is 3.48. The van der Waals surface area contributed by atoms with Gasteiger partial charge in [-0.15, -0.1) is 0 Å². The standard InChI is InChI=1S/C27H35ClN4O2/c1-19(2)16-31(17-20(3)4)26(33)18-32-24-12-6-5-11-23(24)30-25(32)13-8-14-29-27(34)21-9-7-10-22(28)15-21/h5-7,9-12,15,19-20H,8,13-14,16-18H2,1-4H3,(H,29,34). The van der Waals surface area contributed by atoms with Crippen molar-refractivity contribution < 1.29 is 9.59 Å². The number of nitrogens with one attached hydrogen (secondary N) is 1. The first-order chi connectivity index (χ1) is 16.2. The van der Waals surface area contributed by atoms with E-state index in [0.717, 1.165) is 29.9 Å². The van der Waals surface area contributed by atoms with Crippen LogP contribution in [0.25, 0.3) is 11.0 Å². The molecule has 7 heteroatoms. The van der Waals surface area contributed by atoms with Gasteiger partial charge in [0.2, 0.25) is 5.91 Å². The Labute approximate surface area is 207 Å². The predicted octanol–water partition coefficient (Wildman–Crippen LogP) is 5.19. The Morgan fingerprint density at radius 1 is 1.03 bits per heavy atom. The molecule has 0 bridgehead atoms. The Morgan fingerprint density at radius 2 is 1.74 bits per heavy atom. The summed E-state index contributed by atoms with van der Waals surface area (Å²) in [5.41, 5.74) is 2.39. The molecule has 0 radical (unpaired) electrons. The summed E-state index contributed by atoms with van der Waals surface area (Å²) >= 11 is 5.98. The molecule has 1 aromatic heterocycles. The fourth-order valence-electron chi connectivity index (χ4n) is 4.07. The van der Waals surface area contributed by atoms with E-state index >= 15 is 0 Å². The lowest BCUT2D eigenvalue weighted by atomic mass is 10.1. The van der Waals surface area contributed by atoms with E-state index in [4.69, 9.17) is 16.6 Å². The van der Waals surface area contributed by atoms with Gasteiger partial charge in [0.1, 0.15) is 12.4 Å². The Balaban J connectivity index is 1.69. The van der Waals surface area contributed by atoms with Gasteiger partial charge in [-0.25, -0.2) is 4.98 Å². The first kappa shape index (κ1) is 25.8. The maximum atomic E-state index is 13.3. The molecular formula is C27H35ClN4O2. The maximum Gasteiger partial charge on any atom is 0.251 e. The summed E-state index contributed by atoms with van der Waals surface area (Å²) in [6.45, 7) is 10.8. The number of aryl methyl sites for hydroxylation is 1. The van der Waals surface area contributed by atoms with E-state index < -0.39 is 0 Å². The smallest absolute Gasteiger partial charge is 0.251 e. The Hall–Kier alpha value is -2.86. The highest BCUT2D eigenvalue weighted by Crippen LogP contribution is 2.18. The largest absolute Gasteiger partial charge is 0.352 e. The zero-order valence-electron chi connectivity index (χ0n) is 20.6. The molecule has 0 aliphatic heterocycles. The lowest BCUT2D eigenvalue weighted by molar-refractivity contribution is -0.132. The van der Waals surface area contributed by atoms with E-state index in [1.165, 1.54) is 0 Å². The second-order valence-electron chi connectivity index (χ2n) is 9.56. The SMILES string of the molecule is CC(C)CN(CC(C)C)C(=O)Cn1c(CCCNC(=O)c2cccc(Cl)c2)nc2ccccc21. The third-order valence-corrected chi connectivity index (χ3v) is 5.74. The van der Waals surface area contributed by atoms with Crippen LogP contribution in [0.3, 0.4) is 0 Å². The van der Waals surface area contributed by atoms with Gasteiger partial charge < -0.3 is 14.8 Å². The van der Waals surface area contributed by atoms with Crippen molar-refractivity contribution in [3.05, 3.63) is 64.9 Å². The minimum Gasteiger partial charge on any atom is -0.352 e. The number of benzene rings is 2. The normalized spacial score (nSPS) is 11.4. The second kappa shape index (κ2) is 12.0. The zero-order chi connectivity index (χ0) is 24.7. The molecule has 1 N–H and O–H groups in total. The molecule has 34 heavy (non-hydrogen) atoms. The number of carbonyl (C=O) groups excluding carboxylic acids is 2. The molecule has 0 atom stereocenters. The molecule has 0 spiro atoms. The van der Waals surface area contributed by atoms with Gasteiger partial charge in [0.15, 0.2) is 0 Å². The third kappa shape index (κ3) is 7.07. The number of aromatic nitrogens is 2. The fraction of sp³-hybridized carbons (Fsp3) is 0.444. The molecule has 0 aliphatic rings. The molecular weight excluding hydrogens is 448 g/mol. The number of rotatable bonds is 11. The van der Waals surface area contributed by atoms with Gasteiger partial charge in [-0.1, -0.05) is 57.5 Å². The van der Waals surface area contributed by atoms with Crippen LogP contribution in [0, 0.1) is 11.8 Å². The number of halogens is 1. The number of carbonyl (C=O) groups is 2. The van der Waals surface area contributed by atoms with Crippen LogP contribution in [0.2, 0.25) is 5.02 Å². The quantitative estimate of drug-likeness (QED) is 0.382. The highest BCUT2D eigenvalue weighted by molar-refractivity contribution is 6.30. The second-order valence-corrected chi connectivity index (χ2v) is 10.00. The summed E-state index contributed by atoms with van der Waals surface area (Å²) < 4.78 is 2.03. The number of hydrogen-bond acceptors (Lipinski definition) is 3. The highest BCUT2D eigenvalue weighted by atomic mass is 35.5. The molecule has 1 heterocycles. The van der Waals surface area contributed by atoms with Crippen molar-refractivity contribution >= 4 is 34.4 Å². The Kier molecular flexibility index (Phi) is 9.11. The number of hydrogen-bond donors (Lipinski definition) is 1. The highest BCUT2D eigenvalue weighted by Gasteiger charge is 2.20. The summed E-state index contributed by atoms with van der Waals surface area (Å²) in [6.07, 6.45) is 1.37. The van der Waals surface area contributed by atoms with Crippen molar-refractivity contribution in [3.63, 3.8) is 0 Å². The van der Waals surface area contributed by atoms with Gasteiger partial charge in [0.25, 0.3) is 5.91 Å². The summed E-state index contributed by atoms with van der Waals surface area (Å²) in [6, 6.07) is 14.8. The van der Waals surface area contributed by atoms with E-state index in [0.29, 0.717) is 41.8 Å². The monoisotopic (exact) mass is 482 g/mol. The van der Waals surface area contributed by atoms with Gasteiger partial charge in [0, 0.05) is 36.6 Å². The van der Waals surface area contributed by atoms with Crippen molar-refractivity contribution in [1.29, 1.82) is 0 Å². The molecule has 182 valence electrons. The van der Waals surface area contributed by atoms with Gasteiger partial charge in [-0.3, -0.25) is 9.59 Å². The van der Waals surface area contributed by atoms with Crippen molar-refractivity contribution in [2.75, 3.05) is 19.6 Å². The van der Waals surface area contributed by atoms with Crippen LogP contribution in [0.5, 0.6) is 0 Å². The van der Waals surface area contributed by atoms with Crippen LogP contribution < -0.4 is 5.32 Å². The Bertz CT molecular complexity index is 1110. The van der Waals surface area contributed by atoms with Gasteiger partial charge >= 0.3 is 0 Å². The predicted molar refractivity (Wildman–Crippen MR) is 138 cm³/mol. The molecule has 0 saturated carbocycles. The van der Waals surface area contributed by atoms with E-state index in [2.05, 4.69) is 33.0 Å². The number of nitrogens with zero attached hydrogens (tertiary/aromatic N) is 3. The lowest BCUT2D eigenvalue weighted by Crippen LogP contribution is -2.39. The summed E-state index contributed by atoms with van der Waals surface area (Å²) in [4.78, 5) is 32.4. The minimum atomic E-state index is -0.149. The number of amides is 2. The van der Waals surface area contributed by atoms with Crippen LogP contribution in [0.4, 0.5) is 0 Å². The molecule has 0 fully saturated rings. The molecule has 0 saturated heterocycles. The average molecular weight is 483 g/mol.